The third-order valence-corrected chi connectivity index (χ3v) is 3.68. The summed E-state index contributed by atoms with van der Waals surface area (Å²) < 4.78 is 5.40. The van der Waals surface area contributed by atoms with Gasteiger partial charge in [-0.15, -0.1) is 0 Å². The molecular formula is C15H32N2O. The molecule has 0 radical (unpaired) electrons. The summed E-state index contributed by atoms with van der Waals surface area (Å²) in [4.78, 5) is 2.51. The molecule has 18 heavy (non-hydrogen) atoms. The summed E-state index contributed by atoms with van der Waals surface area (Å²) in [6.45, 7) is 10.0. The maximum absolute atomic E-state index is 5.40. The lowest BCUT2D eigenvalue weighted by molar-refractivity contribution is 0.0556. The van der Waals surface area contributed by atoms with Crippen molar-refractivity contribution in [1.82, 2.24) is 10.2 Å². The van der Waals surface area contributed by atoms with Crippen LogP contribution in [-0.2, 0) is 4.74 Å². The van der Waals surface area contributed by atoms with Crippen LogP contribution in [0.2, 0.25) is 0 Å². The van der Waals surface area contributed by atoms with Gasteiger partial charge in [0.2, 0.25) is 0 Å². The van der Waals surface area contributed by atoms with Crippen molar-refractivity contribution in [3.8, 4) is 0 Å². The first-order valence-corrected chi connectivity index (χ1v) is 7.68. The average molecular weight is 256 g/mol. The molecule has 1 rings (SSSR count). The molecule has 0 amide bonds. The first-order chi connectivity index (χ1) is 8.68. The van der Waals surface area contributed by atoms with Gasteiger partial charge in [0.25, 0.3) is 0 Å². The molecule has 1 N–H and O–H groups in total. The smallest absolute Gasteiger partial charge is 0.0469 e. The zero-order valence-electron chi connectivity index (χ0n) is 12.6. The first-order valence-electron chi connectivity index (χ1n) is 7.68. The third-order valence-electron chi connectivity index (χ3n) is 3.68. The number of nitrogens with zero attached hydrogens (tertiary/aromatic N) is 1. The zero-order chi connectivity index (χ0) is 13.2. The standard InChI is InChI=1S/C15H32N2O/c1-14(2)16-9-5-4-6-10-17(3)13-15-7-11-18-12-8-15/h14-16H,4-13H2,1-3H3. The molecule has 0 atom stereocenters. The molecule has 0 aliphatic carbocycles. The number of unbranched alkanes of at least 4 members (excludes halogenated alkanes) is 2. The van der Waals surface area contributed by atoms with Crippen molar-refractivity contribution in [2.75, 3.05) is 39.9 Å². The van der Waals surface area contributed by atoms with Gasteiger partial charge in [0.15, 0.2) is 0 Å². The van der Waals surface area contributed by atoms with Crippen LogP contribution in [0, 0.1) is 5.92 Å². The summed E-state index contributed by atoms with van der Waals surface area (Å²) in [6, 6.07) is 0.626. The Morgan fingerprint density at radius 2 is 1.89 bits per heavy atom. The lowest BCUT2D eigenvalue weighted by atomic mass is 10.00. The zero-order valence-corrected chi connectivity index (χ0v) is 12.6. The molecule has 3 heteroatoms. The third kappa shape index (κ3) is 8.06. The number of ether oxygens (including phenoxy) is 1. The predicted octanol–water partition coefficient (Wildman–Crippen LogP) is 2.51. The highest BCUT2D eigenvalue weighted by Gasteiger charge is 2.15. The molecular weight excluding hydrogens is 224 g/mol. The van der Waals surface area contributed by atoms with E-state index in [4.69, 9.17) is 4.74 Å². The van der Waals surface area contributed by atoms with Crippen molar-refractivity contribution in [1.29, 1.82) is 0 Å². The Morgan fingerprint density at radius 3 is 2.56 bits per heavy atom. The van der Waals surface area contributed by atoms with E-state index < -0.39 is 0 Å². The van der Waals surface area contributed by atoms with Gasteiger partial charge in [-0.3, -0.25) is 0 Å². The van der Waals surface area contributed by atoms with Gasteiger partial charge in [-0.1, -0.05) is 20.3 Å². The summed E-state index contributed by atoms with van der Waals surface area (Å²) in [5.74, 6) is 0.867. The first kappa shape index (κ1) is 15.9. The Morgan fingerprint density at radius 1 is 1.17 bits per heavy atom. The number of nitrogens with one attached hydrogen (secondary N) is 1. The fourth-order valence-electron chi connectivity index (χ4n) is 2.54. The van der Waals surface area contributed by atoms with Crippen LogP contribution in [-0.4, -0.2) is 50.8 Å². The van der Waals surface area contributed by atoms with Crippen LogP contribution in [0.25, 0.3) is 0 Å². The lowest BCUT2D eigenvalue weighted by Crippen LogP contribution is -2.30. The van der Waals surface area contributed by atoms with Gasteiger partial charge in [-0.05, 0) is 51.7 Å². The summed E-state index contributed by atoms with van der Waals surface area (Å²) >= 11 is 0. The second-order valence-electron chi connectivity index (χ2n) is 5.99. The van der Waals surface area contributed by atoms with Crippen molar-refractivity contribution in [2.24, 2.45) is 5.92 Å². The Bertz CT molecular complexity index is 191. The van der Waals surface area contributed by atoms with Crippen molar-refractivity contribution in [3.63, 3.8) is 0 Å². The second kappa shape index (κ2) is 9.76. The van der Waals surface area contributed by atoms with E-state index in [2.05, 4.69) is 31.1 Å². The minimum Gasteiger partial charge on any atom is -0.381 e. The van der Waals surface area contributed by atoms with Crippen LogP contribution < -0.4 is 5.32 Å². The monoisotopic (exact) mass is 256 g/mol. The minimum atomic E-state index is 0.626. The number of rotatable bonds is 9. The van der Waals surface area contributed by atoms with Crippen molar-refractivity contribution < 1.29 is 4.74 Å². The lowest BCUT2D eigenvalue weighted by Gasteiger charge is -2.27. The highest BCUT2D eigenvalue weighted by molar-refractivity contribution is 4.67. The Balaban J connectivity index is 1.91. The molecule has 1 aliphatic heterocycles. The van der Waals surface area contributed by atoms with Gasteiger partial charge in [0, 0.05) is 25.8 Å². The molecule has 1 heterocycles. The maximum atomic E-state index is 5.40. The fraction of sp³-hybridized carbons (Fsp3) is 1.00. The summed E-state index contributed by atoms with van der Waals surface area (Å²) in [5, 5.41) is 3.47. The van der Waals surface area contributed by atoms with E-state index in [0.717, 1.165) is 19.1 Å². The maximum Gasteiger partial charge on any atom is 0.0469 e. The van der Waals surface area contributed by atoms with Crippen LogP contribution >= 0.6 is 0 Å². The molecule has 1 saturated heterocycles. The molecule has 0 aromatic heterocycles. The van der Waals surface area contributed by atoms with E-state index in [1.807, 2.05) is 0 Å². The highest BCUT2D eigenvalue weighted by atomic mass is 16.5. The van der Waals surface area contributed by atoms with Crippen LogP contribution in [0.1, 0.15) is 46.0 Å². The number of hydrogen-bond acceptors (Lipinski definition) is 3. The molecule has 1 aliphatic rings. The van der Waals surface area contributed by atoms with Gasteiger partial charge in [0.1, 0.15) is 0 Å². The largest absolute Gasteiger partial charge is 0.381 e. The van der Waals surface area contributed by atoms with Crippen LogP contribution in [0.4, 0.5) is 0 Å². The van der Waals surface area contributed by atoms with Gasteiger partial charge in [-0.2, -0.15) is 0 Å². The van der Waals surface area contributed by atoms with Gasteiger partial charge in [-0.25, -0.2) is 0 Å². The van der Waals surface area contributed by atoms with Gasteiger partial charge >= 0.3 is 0 Å². The molecule has 108 valence electrons. The van der Waals surface area contributed by atoms with E-state index in [1.165, 1.54) is 51.7 Å². The predicted molar refractivity (Wildman–Crippen MR) is 78.0 cm³/mol. The second-order valence-corrected chi connectivity index (χ2v) is 5.99. The van der Waals surface area contributed by atoms with E-state index in [1.54, 1.807) is 0 Å². The molecule has 3 nitrogen and oxygen atoms in total. The average Bonchev–Trinajstić information content (AvgIpc) is 2.34. The van der Waals surface area contributed by atoms with E-state index in [9.17, 15) is 0 Å². The van der Waals surface area contributed by atoms with Crippen molar-refractivity contribution in [3.05, 3.63) is 0 Å². The van der Waals surface area contributed by atoms with Crippen LogP contribution in [0.3, 0.4) is 0 Å². The van der Waals surface area contributed by atoms with Gasteiger partial charge < -0.3 is 15.0 Å². The molecule has 1 fully saturated rings. The summed E-state index contributed by atoms with van der Waals surface area (Å²) in [6.07, 6.45) is 6.49. The molecule has 0 spiro atoms. The molecule has 0 aromatic carbocycles. The van der Waals surface area contributed by atoms with E-state index in [-0.39, 0.29) is 0 Å². The summed E-state index contributed by atoms with van der Waals surface area (Å²) in [5.41, 5.74) is 0. The van der Waals surface area contributed by atoms with Crippen molar-refractivity contribution in [2.45, 2.75) is 52.0 Å². The molecule has 0 unspecified atom stereocenters. The quantitative estimate of drug-likeness (QED) is 0.642. The van der Waals surface area contributed by atoms with Crippen LogP contribution in [0.5, 0.6) is 0 Å². The highest BCUT2D eigenvalue weighted by Crippen LogP contribution is 2.15. The molecule has 0 bridgehead atoms. The Kier molecular flexibility index (Phi) is 8.64. The number of hydrogen-bond donors (Lipinski definition) is 1. The Labute approximate surface area is 113 Å². The van der Waals surface area contributed by atoms with Crippen LogP contribution in [0.15, 0.2) is 0 Å². The van der Waals surface area contributed by atoms with E-state index >= 15 is 0 Å². The van der Waals surface area contributed by atoms with E-state index in [0.29, 0.717) is 6.04 Å². The fourth-order valence-corrected chi connectivity index (χ4v) is 2.54. The van der Waals surface area contributed by atoms with Gasteiger partial charge in [0.05, 0.1) is 0 Å². The molecule has 0 aromatic rings. The normalized spacial score (nSPS) is 17.8. The minimum absolute atomic E-state index is 0.626. The summed E-state index contributed by atoms with van der Waals surface area (Å²) in [7, 11) is 2.27. The Hall–Kier alpha value is -0.120. The topological polar surface area (TPSA) is 24.5 Å². The molecule has 0 saturated carbocycles. The SMILES string of the molecule is CC(C)NCCCCCN(C)CC1CCOCC1. The van der Waals surface area contributed by atoms with Crippen molar-refractivity contribution >= 4 is 0 Å².